The van der Waals surface area contributed by atoms with E-state index in [9.17, 15) is 8.42 Å². The standard InChI is InChI=1S/C13H25N5O2S/c1-3-12-10-16(2)6-4-7-18(12)21(19,20)13-9-15-17(11-13)8-5-14/h9,11-12H,3-8,10,14H2,1-2H3. The summed E-state index contributed by atoms with van der Waals surface area (Å²) >= 11 is 0. The third-order valence-corrected chi connectivity index (χ3v) is 5.80. The van der Waals surface area contributed by atoms with Gasteiger partial charge in [-0.3, -0.25) is 4.68 Å². The summed E-state index contributed by atoms with van der Waals surface area (Å²) in [6.45, 7) is 5.25. The Morgan fingerprint density at radius 2 is 2.19 bits per heavy atom. The van der Waals surface area contributed by atoms with E-state index in [1.165, 1.54) is 6.20 Å². The molecular weight excluding hydrogens is 290 g/mol. The van der Waals surface area contributed by atoms with Gasteiger partial charge in [0.15, 0.2) is 0 Å². The van der Waals surface area contributed by atoms with Crippen LogP contribution in [0.3, 0.4) is 0 Å². The number of rotatable bonds is 5. The minimum atomic E-state index is -3.49. The Bertz CT molecular complexity index is 557. The van der Waals surface area contributed by atoms with E-state index in [2.05, 4.69) is 10.00 Å². The van der Waals surface area contributed by atoms with Gasteiger partial charge in [0.25, 0.3) is 0 Å². The molecule has 1 aliphatic rings. The molecule has 1 atom stereocenters. The Kier molecular flexibility index (Phi) is 5.37. The fourth-order valence-electron chi connectivity index (χ4n) is 2.74. The molecule has 0 aliphatic carbocycles. The van der Waals surface area contributed by atoms with E-state index < -0.39 is 10.0 Å². The van der Waals surface area contributed by atoms with Gasteiger partial charge in [0.1, 0.15) is 4.90 Å². The fourth-order valence-corrected chi connectivity index (χ4v) is 4.42. The van der Waals surface area contributed by atoms with Crippen LogP contribution >= 0.6 is 0 Å². The van der Waals surface area contributed by atoms with Gasteiger partial charge < -0.3 is 10.6 Å². The highest BCUT2D eigenvalue weighted by Crippen LogP contribution is 2.22. The summed E-state index contributed by atoms with van der Waals surface area (Å²) in [5.41, 5.74) is 5.47. The Morgan fingerprint density at radius 3 is 2.86 bits per heavy atom. The van der Waals surface area contributed by atoms with E-state index in [0.717, 1.165) is 25.9 Å². The topological polar surface area (TPSA) is 84.5 Å². The minimum absolute atomic E-state index is 0.0142. The van der Waals surface area contributed by atoms with Gasteiger partial charge >= 0.3 is 0 Å². The maximum atomic E-state index is 12.9. The second kappa shape index (κ2) is 6.87. The van der Waals surface area contributed by atoms with Crippen LogP contribution in [0, 0.1) is 0 Å². The Balaban J connectivity index is 2.27. The predicted molar refractivity (Wildman–Crippen MR) is 81.4 cm³/mol. The summed E-state index contributed by atoms with van der Waals surface area (Å²) in [4.78, 5) is 2.46. The lowest BCUT2D eigenvalue weighted by Crippen LogP contribution is -2.43. The number of hydrogen-bond acceptors (Lipinski definition) is 5. The average Bonchev–Trinajstić information content (AvgIpc) is 2.82. The normalized spacial score (nSPS) is 22.3. The van der Waals surface area contributed by atoms with Crippen LogP contribution in [0.4, 0.5) is 0 Å². The molecule has 21 heavy (non-hydrogen) atoms. The summed E-state index contributed by atoms with van der Waals surface area (Å²) in [7, 11) is -1.45. The molecule has 2 N–H and O–H groups in total. The molecule has 0 radical (unpaired) electrons. The highest BCUT2D eigenvalue weighted by Gasteiger charge is 2.33. The van der Waals surface area contributed by atoms with Gasteiger partial charge in [0.2, 0.25) is 10.0 Å². The van der Waals surface area contributed by atoms with Crippen LogP contribution in [0.2, 0.25) is 0 Å². The molecule has 0 amide bonds. The number of aromatic nitrogens is 2. The van der Waals surface area contributed by atoms with Gasteiger partial charge in [-0.25, -0.2) is 8.42 Å². The molecule has 120 valence electrons. The lowest BCUT2D eigenvalue weighted by Gasteiger charge is -2.28. The molecule has 0 bridgehead atoms. The maximum Gasteiger partial charge on any atom is 0.246 e. The first-order valence-electron chi connectivity index (χ1n) is 7.42. The van der Waals surface area contributed by atoms with Crippen molar-refractivity contribution in [2.75, 3.05) is 33.2 Å². The van der Waals surface area contributed by atoms with Crippen LogP contribution in [0.5, 0.6) is 0 Å². The summed E-state index contributed by atoms with van der Waals surface area (Å²) in [6, 6.07) is 0.0142. The monoisotopic (exact) mass is 315 g/mol. The molecule has 1 aromatic rings. The van der Waals surface area contributed by atoms with Crippen molar-refractivity contribution in [1.29, 1.82) is 0 Å². The number of hydrogen-bond donors (Lipinski definition) is 1. The second-order valence-corrected chi connectivity index (χ2v) is 7.41. The lowest BCUT2D eigenvalue weighted by molar-refractivity contribution is 0.270. The smallest absolute Gasteiger partial charge is 0.246 e. The van der Waals surface area contributed by atoms with Crippen LogP contribution < -0.4 is 5.73 Å². The fraction of sp³-hybridized carbons (Fsp3) is 0.769. The number of likely N-dealkylation sites (N-methyl/N-ethyl adjacent to an activating group) is 1. The van der Waals surface area contributed by atoms with E-state index in [1.807, 2.05) is 14.0 Å². The molecule has 8 heteroatoms. The van der Waals surface area contributed by atoms with Crippen molar-refractivity contribution < 1.29 is 8.42 Å². The maximum absolute atomic E-state index is 12.9. The van der Waals surface area contributed by atoms with Crippen LogP contribution in [0.1, 0.15) is 19.8 Å². The van der Waals surface area contributed by atoms with Crippen molar-refractivity contribution in [2.24, 2.45) is 5.73 Å². The highest BCUT2D eigenvalue weighted by molar-refractivity contribution is 7.89. The van der Waals surface area contributed by atoms with Gasteiger partial charge in [-0.05, 0) is 26.4 Å². The average molecular weight is 315 g/mol. The second-order valence-electron chi connectivity index (χ2n) is 5.52. The molecule has 1 unspecified atom stereocenters. The van der Waals surface area contributed by atoms with E-state index in [0.29, 0.717) is 19.6 Å². The van der Waals surface area contributed by atoms with Gasteiger partial charge in [0.05, 0.1) is 12.7 Å². The highest BCUT2D eigenvalue weighted by atomic mass is 32.2. The summed E-state index contributed by atoms with van der Waals surface area (Å²) in [6.07, 6.45) is 4.65. The lowest BCUT2D eigenvalue weighted by atomic mass is 10.2. The Morgan fingerprint density at radius 1 is 1.43 bits per heavy atom. The molecule has 1 aromatic heterocycles. The molecule has 1 saturated heterocycles. The minimum Gasteiger partial charge on any atom is -0.329 e. The third kappa shape index (κ3) is 3.63. The van der Waals surface area contributed by atoms with Crippen LogP contribution in [0.25, 0.3) is 0 Å². The Hall–Kier alpha value is -0.960. The summed E-state index contributed by atoms with van der Waals surface area (Å²) in [5, 5.41) is 4.08. The SMILES string of the molecule is CCC1CN(C)CCCN1S(=O)(=O)c1cnn(CCN)c1. The predicted octanol–water partition coefficient (Wildman–Crippen LogP) is -0.0534. The van der Waals surface area contributed by atoms with E-state index >= 15 is 0 Å². The van der Waals surface area contributed by atoms with Gasteiger partial charge in [-0.2, -0.15) is 9.40 Å². The van der Waals surface area contributed by atoms with Crippen molar-refractivity contribution in [2.45, 2.75) is 37.2 Å². The van der Waals surface area contributed by atoms with Crippen LogP contribution in [-0.4, -0.2) is 66.7 Å². The molecule has 0 aromatic carbocycles. The van der Waals surface area contributed by atoms with Gasteiger partial charge in [-0.15, -0.1) is 0 Å². The van der Waals surface area contributed by atoms with Crippen molar-refractivity contribution in [1.82, 2.24) is 19.0 Å². The number of nitrogens with two attached hydrogens (primary N) is 1. The Labute approximate surface area is 126 Å². The molecule has 1 fully saturated rings. The first-order valence-corrected chi connectivity index (χ1v) is 8.86. The molecule has 0 spiro atoms. The zero-order valence-electron chi connectivity index (χ0n) is 12.8. The first kappa shape index (κ1) is 16.4. The molecule has 1 aliphatic heterocycles. The number of sulfonamides is 1. The molecule has 2 rings (SSSR count). The van der Waals surface area contributed by atoms with Crippen molar-refractivity contribution in [3.8, 4) is 0 Å². The zero-order chi connectivity index (χ0) is 15.5. The molecule has 0 saturated carbocycles. The largest absolute Gasteiger partial charge is 0.329 e. The molecular formula is C13H25N5O2S. The quantitative estimate of drug-likeness (QED) is 0.823. The van der Waals surface area contributed by atoms with Crippen LogP contribution in [-0.2, 0) is 16.6 Å². The third-order valence-electron chi connectivity index (χ3n) is 3.89. The van der Waals surface area contributed by atoms with Crippen molar-refractivity contribution in [3.05, 3.63) is 12.4 Å². The van der Waals surface area contributed by atoms with Crippen molar-refractivity contribution in [3.63, 3.8) is 0 Å². The summed E-state index contributed by atoms with van der Waals surface area (Å²) < 4.78 is 28.9. The zero-order valence-corrected chi connectivity index (χ0v) is 13.6. The van der Waals surface area contributed by atoms with E-state index in [1.54, 1.807) is 15.2 Å². The molecule has 7 nitrogen and oxygen atoms in total. The van der Waals surface area contributed by atoms with Gasteiger partial charge in [0, 0.05) is 31.9 Å². The van der Waals surface area contributed by atoms with Crippen molar-refractivity contribution >= 4 is 10.0 Å². The first-order chi connectivity index (χ1) is 9.98. The van der Waals surface area contributed by atoms with Crippen LogP contribution in [0.15, 0.2) is 17.3 Å². The van der Waals surface area contributed by atoms with E-state index in [4.69, 9.17) is 5.73 Å². The number of nitrogens with zero attached hydrogens (tertiary/aromatic N) is 4. The molecule has 2 heterocycles. The van der Waals surface area contributed by atoms with E-state index in [-0.39, 0.29) is 10.9 Å². The summed E-state index contributed by atoms with van der Waals surface area (Å²) in [5.74, 6) is 0. The van der Waals surface area contributed by atoms with Gasteiger partial charge in [-0.1, -0.05) is 6.92 Å².